The number of rotatable bonds is 10. The highest BCUT2D eigenvalue weighted by atomic mass is 16.6. The summed E-state index contributed by atoms with van der Waals surface area (Å²) in [4.78, 5) is 54.1. The molecule has 43 heavy (non-hydrogen) atoms. The van der Waals surface area contributed by atoms with Crippen molar-refractivity contribution >= 4 is 22.9 Å². The molecule has 0 fully saturated rings. The van der Waals surface area contributed by atoms with E-state index in [4.69, 9.17) is 0 Å². The van der Waals surface area contributed by atoms with E-state index in [2.05, 4.69) is 13.8 Å². The van der Waals surface area contributed by atoms with Crippen LogP contribution < -0.4 is 0 Å². The average molecular weight is 576 g/mol. The molecule has 2 aliphatic rings. The number of allylic oxidation sites excluding steroid dienone is 2. The number of aryl methyl sites for hydroxylation is 2. The second kappa shape index (κ2) is 11.3. The van der Waals surface area contributed by atoms with Gasteiger partial charge in [0.05, 0.1) is 0 Å². The number of hydrogen-bond acceptors (Lipinski definition) is 5. The highest BCUT2D eigenvalue weighted by Gasteiger charge is 2.56. The van der Waals surface area contributed by atoms with E-state index < -0.39 is 21.7 Å². The fourth-order valence-corrected chi connectivity index (χ4v) is 7.27. The number of carbonyl (C=O) groups is 3. The number of ketones is 3. The second-order valence-corrected chi connectivity index (χ2v) is 11.9. The predicted molar refractivity (Wildman–Crippen MR) is 168 cm³/mol. The van der Waals surface area contributed by atoms with Gasteiger partial charge in [0.2, 0.25) is 5.78 Å². The standard InChI is InChI=1S/C37H37NO5/c1-6-19-36(20-7-2)31-22-37(38(42)43,35(41)27-15-11-9-13-24(27)4)21-18-29(31)30-17-16-28(25(5)39)32(33(30)36)34(40)26-14-10-8-12-23(26)3/h8-18,22H,6-7,19-21H2,1-5H3. The topological polar surface area (TPSA) is 94.3 Å². The first-order valence-corrected chi connectivity index (χ1v) is 15.0. The number of nitrogens with zero attached hydrogens (tertiary/aromatic N) is 1. The molecular weight excluding hydrogens is 538 g/mol. The Hall–Kier alpha value is -4.45. The first-order chi connectivity index (χ1) is 20.5. The molecular formula is C37H37NO5. The third-order valence-corrected chi connectivity index (χ3v) is 9.24. The van der Waals surface area contributed by atoms with Crippen LogP contribution in [0.2, 0.25) is 0 Å². The van der Waals surface area contributed by atoms with Crippen LogP contribution in [0.5, 0.6) is 0 Å². The normalized spacial score (nSPS) is 18.3. The molecule has 0 radical (unpaired) electrons. The van der Waals surface area contributed by atoms with E-state index >= 15 is 0 Å². The fourth-order valence-electron chi connectivity index (χ4n) is 7.27. The van der Waals surface area contributed by atoms with E-state index in [1.807, 2.05) is 43.3 Å². The lowest BCUT2D eigenvalue weighted by Gasteiger charge is -2.36. The molecule has 2 aliphatic carbocycles. The molecule has 0 saturated carbocycles. The van der Waals surface area contributed by atoms with Gasteiger partial charge in [-0.25, -0.2) is 0 Å². The zero-order valence-corrected chi connectivity index (χ0v) is 25.5. The molecule has 3 aromatic rings. The van der Waals surface area contributed by atoms with E-state index in [1.54, 1.807) is 43.3 Å². The molecule has 0 spiro atoms. The van der Waals surface area contributed by atoms with Crippen molar-refractivity contribution in [2.75, 3.05) is 0 Å². The Bertz CT molecular complexity index is 1740. The Kier molecular flexibility index (Phi) is 7.91. The Morgan fingerprint density at radius 1 is 0.837 bits per heavy atom. The van der Waals surface area contributed by atoms with Crippen molar-refractivity contribution in [2.24, 2.45) is 0 Å². The predicted octanol–water partition coefficient (Wildman–Crippen LogP) is 8.20. The SMILES string of the molecule is CCCC1(CCC)C2=CC(C(=O)c3ccccc3C)([N+](=O)[O-])CC=C2c2ccc(C(C)=O)c(C(=O)c3ccccc3C)c21. The second-order valence-electron chi connectivity index (χ2n) is 11.9. The maximum atomic E-state index is 14.5. The van der Waals surface area contributed by atoms with Gasteiger partial charge in [-0.2, -0.15) is 0 Å². The van der Waals surface area contributed by atoms with Crippen molar-refractivity contribution in [2.45, 2.75) is 77.7 Å². The van der Waals surface area contributed by atoms with Crippen LogP contribution in [-0.4, -0.2) is 27.8 Å². The zero-order chi connectivity index (χ0) is 31.1. The van der Waals surface area contributed by atoms with Crippen molar-refractivity contribution in [3.63, 3.8) is 0 Å². The third kappa shape index (κ3) is 4.60. The van der Waals surface area contributed by atoms with Gasteiger partial charge < -0.3 is 0 Å². The van der Waals surface area contributed by atoms with Crippen molar-refractivity contribution in [3.05, 3.63) is 133 Å². The molecule has 0 N–H and O–H groups in total. The lowest BCUT2D eigenvalue weighted by molar-refractivity contribution is -0.535. The van der Waals surface area contributed by atoms with Crippen LogP contribution >= 0.6 is 0 Å². The summed E-state index contributed by atoms with van der Waals surface area (Å²) in [6, 6.07) is 17.9. The van der Waals surface area contributed by atoms with Crippen LogP contribution in [0.25, 0.3) is 5.57 Å². The monoisotopic (exact) mass is 575 g/mol. The number of nitro groups is 1. The van der Waals surface area contributed by atoms with Gasteiger partial charge in [0, 0.05) is 45.1 Å². The van der Waals surface area contributed by atoms with Gasteiger partial charge in [-0.15, -0.1) is 0 Å². The van der Waals surface area contributed by atoms with Gasteiger partial charge in [-0.05, 0) is 67.0 Å². The zero-order valence-electron chi connectivity index (χ0n) is 25.5. The largest absolute Gasteiger partial charge is 0.305 e. The summed E-state index contributed by atoms with van der Waals surface area (Å²) in [5, 5.41) is 12.9. The summed E-state index contributed by atoms with van der Waals surface area (Å²) in [6.45, 7) is 9.24. The summed E-state index contributed by atoms with van der Waals surface area (Å²) < 4.78 is 0. The number of fused-ring (bicyclic) bond motifs is 3. The van der Waals surface area contributed by atoms with E-state index in [-0.39, 0.29) is 18.0 Å². The van der Waals surface area contributed by atoms with Crippen LogP contribution in [0, 0.1) is 24.0 Å². The first kappa shape index (κ1) is 30.0. The van der Waals surface area contributed by atoms with Crippen molar-refractivity contribution in [3.8, 4) is 0 Å². The first-order valence-electron chi connectivity index (χ1n) is 15.0. The summed E-state index contributed by atoms with van der Waals surface area (Å²) >= 11 is 0. The molecule has 220 valence electrons. The third-order valence-electron chi connectivity index (χ3n) is 9.24. The van der Waals surface area contributed by atoms with Gasteiger partial charge in [0.15, 0.2) is 11.6 Å². The molecule has 1 unspecified atom stereocenters. The van der Waals surface area contributed by atoms with Crippen molar-refractivity contribution < 1.29 is 19.3 Å². The summed E-state index contributed by atoms with van der Waals surface area (Å²) in [6.07, 6.45) is 6.01. The van der Waals surface area contributed by atoms with Crippen LogP contribution in [-0.2, 0) is 5.41 Å². The Balaban J connectivity index is 1.85. The summed E-state index contributed by atoms with van der Waals surface area (Å²) in [5.74, 6) is -0.987. The summed E-state index contributed by atoms with van der Waals surface area (Å²) in [5.41, 5.74) is 3.41. The lowest BCUT2D eigenvalue weighted by atomic mass is 9.66. The van der Waals surface area contributed by atoms with Gasteiger partial charge in [-0.3, -0.25) is 24.5 Å². The average Bonchev–Trinajstić information content (AvgIpc) is 3.25. The number of benzene rings is 3. The molecule has 0 aliphatic heterocycles. The maximum Gasteiger partial charge on any atom is 0.305 e. The molecule has 0 aromatic heterocycles. The molecule has 3 aromatic carbocycles. The van der Waals surface area contributed by atoms with E-state index in [0.29, 0.717) is 40.7 Å². The van der Waals surface area contributed by atoms with Gasteiger partial charge in [0.1, 0.15) is 0 Å². The van der Waals surface area contributed by atoms with Gasteiger partial charge in [-0.1, -0.05) is 93.4 Å². The number of hydrogen-bond donors (Lipinski definition) is 0. The molecule has 6 nitrogen and oxygen atoms in total. The molecule has 0 saturated heterocycles. The molecule has 6 heteroatoms. The molecule has 0 bridgehead atoms. The van der Waals surface area contributed by atoms with Gasteiger partial charge >= 0.3 is 5.54 Å². The fraction of sp³-hybridized carbons (Fsp3) is 0.324. The molecule has 5 rings (SSSR count). The van der Waals surface area contributed by atoms with E-state index in [0.717, 1.165) is 40.7 Å². The smallest absolute Gasteiger partial charge is 0.294 e. The highest BCUT2D eigenvalue weighted by molar-refractivity contribution is 6.19. The molecule has 1 atom stereocenters. The van der Waals surface area contributed by atoms with Gasteiger partial charge in [0.25, 0.3) is 0 Å². The van der Waals surface area contributed by atoms with Crippen LogP contribution in [0.15, 0.2) is 78.4 Å². The minimum absolute atomic E-state index is 0.102. The lowest BCUT2D eigenvalue weighted by Crippen LogP contribution is -2.47. The van der Waals surface area contributed by atoms with Crippen molar-refractivity contribution in [1.29, 1.82) is 0 Å². The molecule has 0 amide bonds. The quantitative estimate of drug-likeness (QED) is 0.138. The number of Topliss-reactive ketones (excluding diaryl/α,β-unsaturated/α-hetero) is 2. The minimum atomic E-state index is -1.98. The Labute approximate surface area is 252 Å². The van der Waals surface area contributed by atoms with Crippen molar-refractivity contribution in [1.82, 2.24) is 0 Å². The van der Waals surface area contributed by atoms with Crippen LogP contribution in [0.1, 0.15) is 112 Å². The molecule has 0 heterocycles. The Morgan fingerprint density at radius 3 is 1.95 bits per heavy atom. The summed E-state index contributed by atoms with van der Waals surface area (Å²) in [7, 11) is 0. The van der Waals surface area contributed by atoms with Crippen LogP contribution in [0.3, 0.4) is 0 Å². The number of carbonyl (C=O) groups excluding carboxylic acids is 3. The van der Waals surface area contributed by atoms with Crippen LogP contribution in [0.4, 0.5) is 0 Å². The Morgan fingerprint density at radius 2 is 1.42 bits per heavy atom. The van der Waals surface area contributed by atoms with E-state index in [9.17, 15) is 24.5 Å². The maximum absolute atomic E-state index is 14.5. The minimum Gasteiger partial charge on any atom is -0.294 e. The highest BCUT2D eigenvalue weighted by Crippen LogP contribution is 2.59. The van der Waals surface area contributed by atoms with E-state index in [1.165, 1.54) is 6.92 Å².